The summed E-state index contributed by atoms with van der Waals surface area (Å²) in [5, 5.41) is 4.11. The number of hydrogen-bond donors (Lipinski definition) is 1. The number of rotatable bonds is 4. The molecule has 3 nitrogen and oxygen atoms in total. The largest absolute Gasteiger partial charge is 0.310 e. The first-order valence-corrected chi connectivity index (χ1v) is 7.00. The lowest BCUT2D eigenvalue weighted by Crippen LogP contribution is -2.24. The van der Waals surface area contributed by atoms with E-state index in [1.807, 2.05) is 17.8 Å². The summed E-state index contributed by atoms with van der Waals surface area (Å²) in [7, 11) is 0. The predicted molar refractivity (Wildman–Crippen MR) is 73.5 cm³/mol. The van der Waals surface area contributed by atoms with Crippen LogP contribution in [0.25, 0.3) is 0 Å². The van der Waals surface area contributed by atoms with Crippen LogP contribution in [0.15, 0.2) is 47.8 Å². The Morgan fingerprint density at radius 2 is 2.22 bits per heavy atom. The van der Waals surface area contributed by atoms with Gasteiger partial charge >= 0.3 is 0 Å². The molecule has 2 heterocycles. The molecular weight excluding hydrogens is 242 g/mol. The summed E-state index contributed by atoms with van der Waals surface area (Å²) in [6.45, 7) is 1.83. The highest BCUT2D eigenvalue weighted by molar-refractivity contribution is 8.00. The first-order valence-electron chi connectivity index (χ1n) is 6.12. The van der Waals surface area contributed by atoms with Crippen LogP contribution >= 0.6 is 11.8 Å². The second-order valence-electron chi connectivity index (χ2n) is 4.38. The maximum absolute atomic E-state index is 4.20. The molecule has 0 bridgehead atoms. The molecule has 4 heteroatoms. The van der Waals surface area contributed by atoms with Gasteiger partial charge in [-0.1, -0.05) is 18.2 Å². The Balaban J connectivity index is 1.49. The maximum Gasteiger partial charge on any atom is 0.115 e. The van der Waals surface area contributed by atoms with E-state index < -0.39 is 0 Å². The monoisotopic (exact) mass is 257 g/mol. The maximum atomic E-state index is 4.20. The van der Waals surface area contributed by atoms with Crippen LogP contribution in [-0.4, -0.2) is 21.8 Å². The van der Waals surface area contributed by atoms with E-state index in [1.165, 1.54) is 10.5 Å². The van der Waals surface area contributed by atoms with E-state index in [0.29, 0.717) is 5.25 Å². The summed E-state index contributed by atoms with van der Waals surface area (Å²) in [5.41, 5.74) is 2.53. The lowest BCUT2D eigenvalue weighted by molar-refractivity contribution is 0.654. The smallest absolute Gasteiger partial charge is 0.115 e. The van der Waals surface area contributed by atoms with Crippen LogP contribution < -0.4 is 5.32 Å². The minimum atomic E-state index is 0.643. The highest BCUT2D eigenvalue weighted by Gasteiger charge is 2.20. The van der Waals surface area contributed by atoms with Gasteiger partial charge in [-0.3, -0.25) is 0 Å². The van der Waals surface area contributed by atoms with Crippen molar-refractivity contribution < 1.29 is 0 Å². The number of thioether (sulfide) groups is 1. The standard InChI is InChI=1S/C14H15N3S/c1-2-4-14-11(3-1)7-13(18-14)9-16-8-12-5-6-15-10-17-12/h1-6,10,13,16H,7-9H2. The van der Waals surface area contributed by atoms with Crippen LogP contribution in [0.2, 0.25) is 0 Å². The first kappa shape index (κ1) is 11.7. The number of benzene rings is 1. The summed E-state index contributed by atoms with van der Waals surface area (Å²) in [6.07, 6.45) is 4.54. The molecule has 0 spiro atoms. The number of nitrogens with zero attached hydrogens (tertiary/aromatic N) is 2. The van der Waals surface area contributed by atoms with Gasteiger partial charge in [-0.15, -0.1) is 11.8 Å². The fourth-order valence-corrected chi connectivity index (χ4v) is 3.43. The molecular formula is C14H15N3S. The van der Waals surface area contributed by atoms with Crippen molar-refractivity contribution in [3.63, 3.8) is 0 Å². The lowest BCUT2D eigenvalue weighted by Gasteiger charge is -2.09. The molecule has 1 unspecified atom stereocenters. The molecule has 2 aromatic rings. The Morgan fingerprint density at radius 3 is 3.06 bits per heavy atom. The van der Waals surface area contributed by atoms with Crippen molar-refractivity contribution in [1.82, 2.24) is 15.3 Å². The average Bonchev–Trinajstić information content (AvgIpc) is 2.82. The van der Waals surface area contributed by atoms with Crippen LogP contribution in [0.3, 0.4) is 0 Å². The molecule has 1 aliphatic heterocycles. The third-order valence-electron chi connectivity index (χ3n) is 3.04. The molecule has 0 saturated heterocycles. The number of hydrogen-bond acceptors (Lipinski definition) is 4. The fraction of sp³-hybridized carbons (Fsp3) is 0.286. The Morgan fingerprint density at radius 1 is 1.28 bits per heavy atom. The molecule has 1 aromatic heterocycles. The molecule has 0 radical (unpaired) electrons. The lowest BCUT2D eigenvalue weighted by atomic mass is 10.1. The second kappa shape index (κ2) is 5.50. The molecule has 92 valence electrons. The van der Waals surface area contributed by atoms with Crippen LogP contribution in [-0.2, 0) is 13.0 Å². The minimum Gasteiger partial charge on any atom is -0.310 e. The van der Waals surface area contributed by atoms with Gasteiger partial charge < -0.3 is 5.32 Å². The van der Waals surface area contributed by atoms with Gasteiger partial charge in [0.1, 0.15) is 6.33 Å². The first-order chi connectivity index (χ1) is 8.92. The minimum absolute atomic E-state index is 0.643. The number of fused-ring (bicyclic) bond motifs is 1. The summed E-state index contributed by atoms with van der Waals surface area (Å²) < 4.78 is 0. The van der Waals surface area contributed by atoms with E-state index >= 15 is 0 Å². The zero-order valence-electron chi connectivity index (χ0n) is 10.0. The van der Waals surface area contributed by atoms with E-state index in [-0.39, 0.29) is 0 Å². The topological polar surface area (TPSA) is 37.8 Å². The van der Waals surface area contributed by atoms with E-state index in [9.17, 15) is 0 Å². The van der Waals surface area contributed by atoms with Gasteiger partial charge in [-0.05, 0) is 24.1 Å². The quantitative estimate of drug-likeness (QED) is 0.912. The van der Waals surface area contributed by atoms with Crippen molar-refractivity contribution in [3.05, 3.63) is 54.1 Å². The normalized spacial score (nSPS) is 17.7. The number of aromatic nitrogens is 2. The van der Waals surface area contributed by atoms with Crippen LogP contribution in [0, 0.1) is 0 Å². The van der Waals surface area contributed by atoms with Crippen molar-refractivity contribution in [3.8, 4) is 0 Å². The molecule has 0 aliphatic carbocycles. The van der Waals surface area contributed by atoms with Gasteiger partial charge in [0.2, 0.25) is 0 Å². The molecule has 0 saturated carbocycles. The predicted octanol–water partition coefficient (Wildman–Crippen LogP) is 2.28. The van der Waals surface area contributed by atoms with Gasteiger partial charge in [0, 0.05) is 29.4 Å². The Bertz CT molecular complexity index is 490. The van der Waals surface area contributed by atoms with Gasteiger partial charge in [0.05, 0.1) is 5.69 Å². The van der Waals surface area contributed by atoms with E-state index in [4.69, 9.17) is 0 Å². The summed E-state index contributed by atoms with van der Waals surface area (Å²) in [4.78, 5) is 9.55. The van der Waals surface area contributed by atoms with Gasteiger partial charge in [-0.2, -0.15) is 0 Å². The molecule has 0 fully saturated rings. The average molecular weight is 257 g/mol. The Hall–Kier alpha value is -1.39. The Kier molecular flexibility index (Phi) is 3.57. The molecule has 1 aliphatic rings. The van der Waals surface area contributed by atoms with Crippen molar-refractivity contribution in [2.24, 2.45) is 0 Å². The zero-order valence-corrected chi connectivity index (χ0v) is 10.9. The van der Waals surface area contributed by atoms with Crippen molar-refractivity contribution in [2.45, 2.75) is 23.1 Å². The highest BCUT2D eigenvalue weighted by atomic mass is 32.2. The number of nitrogens with one attached hydrogen (secondary N) is 1. The van der Waals surface area contributed by atoms with Crippen molar-refractivity contribution >= 4 is 11.8 Å². The molecule has 18 heavy (non-hydrogen) atoms. The summed E-state index contributed by atoms with van der Waals surface area (Å²) >= 11 is 1.98. The third kappa shape index (κ3) is 2.71. The summed E-state index contributed by atoms with van der Waals surface area (Å²) in [6, 6.07) is 10.6. The van der Waals surface area contributed by atoms with E-state index in [2.05, 4.69) is 39.6 Å². The molecule has 1 atom stereocenters. The highest BCUT2D eigenvalue weighted by Crippen LogP contribution is 2.36. The third-order valence-corrected chi connectivity index (χ3v) is 4.35. The zero-order chi connectivity index (χ0) is 12.2. The van der Waals surface area contributed by atoms with E-state index in [0.717, 1.165) is 25.2 Å². The van der Waals surface area contributed by atoms with Crippen LogP contribution in [0.5, 0.6) is 0 Å². The molecule has 1 aromatic carbocycles. The molecule has 3 rings (SSSR count). The van der Waals surface area contributed by atoms with Gasteiger partial charge in [-0.25, -0.2) is 9.97 Å². The van der Waals surface area contributed by atoms with Gasteiger partial charge in [0.15, 0.2) is 0 Å². The van der Waals surface area contributed by atoms with Crippen LogP contribution in [0.4, 0.5) is 0 Å². The fourth-order valence-electron chi connectivity index (χ4n) is 2.15. The SMILES string of the molecule is c1ccc2c(c1)CC(CNCc1ccncn1)S2. The van der Waals surface area contributed by atoms with E-state index in [1.54, 1.807) is 12.5 Å². The second-order valence-corrected chi connectivity index (χ2v) is 5.73. The summed E-state index contributed by atoms with van der Waals surface area (Å²) in [5.74, 6) is 0. The van der Waals surface area contributed by atoms with Crippen molar-refractivity contribution in [2.75, 3.05) is 6.54 Å². The molecule has 1 N–H and O–H groups in total. The van der Waals surface area contributed by atoms with Crippen LogP contribution in [0.1, 0.15) is 11.3 Å². The Labute approximate surface area is 111 Å². The van der Waals surface area contributed by atoms with Gasteiger partial charge in [0.25, 0.3) is 0 Å². The van der Waals surface area contributed by atoms with Crippen molar-refractivity contribution in [1.29, 1.82) is 0 Å². The molecule has 0 amide bonds.